The van der Waals surface area contributed by atoms with Crippen LogP contribution in [0.5, 0.6) is 0 Å². The van der Waals surface area contributed by atoms with Crippen molar-refractivity contribution in [2.45, 2.75) is 116 Å². The van der Waals surface area contributed by atoms with Crippen LogP contribution in [0.15, 0.2) is 12.2 Å². The molecule has 0 saturated heterocycles. The summed E-state index contributed by atoms with van der Waals surface area (Å²) in [5.41, 5.74) is 5.26. The molecule has 0 radical (unpaired) electrons. The first kappa shape index (κ1) is 34.8. The van der Waals surface area contributed by atoms with E-state index in [1.54, 1.807) is 0 Å². The van der Waals surface area contributed by atoms with E-state index in [9.17, 15) is 19.0 Å². The van der Waals surface area contributed by atoms with E-state index in [1.165, 1.54) is 19.3 Å². The standard InChI is InChI=1S/C26H50NO8P/c1-3-5-7-8-9-10-11-12-13-14-15-17-19-26(29)35-24(22-32-25(28)18-16-6-4-2)23-34-36(30,31)33-21-20-27/h9-10,24H,3-8,11-23,27H2,1-2H3,(H,30,31)/b10-9-. The van der Waals surface area contributed by atoms with Crippen molar-refractivity contribution in [3.05, 3.63) is 12.2 Å². The van der Waals surface area contributed by atoms with Gasteiger partial charge in [-0.3, -0.25) is 18.6 Å². The van der Waals surface area contributed by atoms with Crippen LogP contribution in [-0.2, 0) is 32.7 Å². The summed E-state index contributed by atoms with van der Waals surface area (Å²) in [6.45, 7) is 3.46. The van der Waals surface area contributed by atoms with Gasteiger partial charge in [-0.2, -0.15) is 0 Å². The maximum absolute atomic E-state index is 12.3. The monoisotopic (exact) mass is 535 g/mol. The SMILES string of the molecule is CCCCC/C=C\CCCCCCCC(=O)OC(COC(=O)CCCCC)COP(=O)(O)OCCN. The molecule has 0 aromatic rings. The Labute approximate surface area is 218 Å². The van der Waals surface area contributed by atoms with Crippen LogP contribution < -0.4 is 5.73 Å². The lowest BCUT2D eigenvalue weighted by atomic mass is 10.1. The first-order valence-electron chi connectivity index (χ1n) is 13.7. The van der Waals surface area contributed by atoms with Crippen LogP contribution >= 0.6 is 7.82 Å². The van der Waals surface area contributed by atoms with Gasteiger partial charge in [0.1, 0.15) is 6.61 Å². The van der Waals surface area contributed by atoms with Crippen LogP contribution in [0, 0.1) is 0 Å². The number of allylic oxidation sites excluding steroid dienone is 2. The minimum atomic E-state index is -4.34. The predicted octanol–water partition coefficient (Wildman–Crippen LogP) is 5.98. The van der Waals surface area contributed by atoms with Gasteiger partial charge in [0.25, 0.3) is 0 Å². The molecule has 212 valence electrons. The van der Waals surface area contributed by atoms with E-state index in [2.05, 4.69) is 23.6 Å². The van der Waals surface area contributed by atoms with E-state index in [0.29, 0.717) is 12.8 Å². The van der Waals surface area contributed by atoms with Gasteiger partial charge in [0.05, 0.1) is 13.2 Å². The molecule has 10 heteroatoms. The lowest BCUT2D eigenvalue weighted by molar-refractivity contribution is -0.161. The molecule has 0 aromatic heterocycles. The van der Waals surface area contributed by atoms with Crippen LogP contribution in [0.2, 0.25) is 0 Å². The Kier molecular flexibility index (Phi) is 23.3. The molecule has 0 heterocycles. The largest absolute Gasteiger partial charge is 0.472 e. The topological polar surface area (TPSA) is 134 Å². The van der Waals surface area contributed by atoms with Crippen molar-refractivity contribution in [1.29, 1.82) is 0 Å². The lowest BCUT2D eigenvalue weighted by Crippen LogP contribution is -2.29. The third-order valence-corrected chi connectivity index (χ3v) is 6.39. The number of hydrogen-bond donors (Lipinski definition) is 2. The second-order valence-electron chi connectivity index (χ2n) is 8.91. The number of phosphoric ester groups is 1. The van der Waals surface area contributed by atoms with E-state index in [1.807, 2.05) is 6.92 Å². The summed E-state index contributed by atoms with van der Waals surface area (Å²) in [4.78, 5) is 33.9. The Bertz CT molecular complexity index is 629. The average Bonchev–Trinajstić information content (AvgIpc) is 2.85. The highest BCUT2D eigenvalue weighted by molar-refractivity contribution is 7.47. The minimum absolute atomic E-state index is 0.0530. The number of rotatable bonds is 25. The summed E-state index contributed by atoms with van der Waals surface area (Å²) in [7, 11) is -4.34. The Morgan fingerprint density at radius 2 is 1.36 bits per heavy atom. The molecule has 0 fully saturated rings. The number of ether oxygens (including phenoxy) is 2. The van der Waals surface area contributed by atoms with Gasteiger partial charge in [-0.05, 0) is 38.5 Å². The fraction of sp³-hybridized carbons (Fsp3) is 0.846. The van der Waals surface area contributed by atoms with Gasteiger partial charge < -0.3 is 20.1 Å². The molecule has 36 heavy (non-hydrogen) atoms. The first-order chi connectivity index (χ1) is 17.3. The Balaban J connectivity index is 4.29. The fourth-order valence-electron chi connectivity index (χ4n) is 3.33. The van der Waals surface area contributed by atoms with Gasteiger partial charge in [-0.1, -0.05) is 70.9 Å². The molecule has 0 aliphatic heterocycles. The normalized spacial score (nSPS) is 14.0. The van der Waals surface area contributed by atoms with E-state index < -0.39 is 32.5 Å². The van der Waals surface area contributed by atoms with Crippen LogP contribution in [0.1, 0.15) is 110 Å². The summed E-state index contributed by atoms with van der Waals surface area (Å²) in [5, 5.41) is 0. The molecule has 0 aromatic carbocycles. The molecule has 0 aliphatic rings. The second-order valence-corrected chi connectivity index (χ2v) is 10.4. The summed E-state index contributed by atoms with van der Waals surface area (Å²) in [6, 6.07) is 0. The second kappa shape index (κ2) is 24.1. The molecule has 3 N–H and O–H groups in total. The number of carbonyl (C=O) groups excluding carboxylic acids is 2. The van der Waals surface area contributed by atoms with Gasteiger partial charge in [0, 0.05) is 19.4 Å². The van der Waals surface area contributed by atoms with Crippen molar-refractivity contribution in [3.8, 4) is 0 Å². The third-order valence-electron chi connectivity index (χ3n) is 5.40. The number of phosphoric acid groups is 1. The molecule has 0 bridgehead atoms. The van der Waals surface area contributed by atoms with E-state index >= 15 is 0 Å². The molecule has 9 nitrogen and oxygen atoms in total. The first-order valence-corrected chi connectivity index (χ1v) is 15.2. The molecule has 2 atom stereocenters. The number of unbranched alkanes of at least 4 members (excludes halogenated alkanes) is 10. The maximum Gasteiger partial charge on any atom is 0.472 e. The van der Waals surface area contributed by atoms with Crippen molar-refractivity contribution in [2.24, 2.45) is 5.73 Å². The van der Waals surface area contributed by atoms with E-state index in [4.69, 9.17) is 19.7 Å². The molecular formula is C26H50NO8P. The van der Waals surface area contributed by atoms with Gasteiger partial charge >= 0.3 is 19.8 Å². The van der Waals surface area contributed by atoms with Crippen LogP contribution in [-0.4, -0.2) is 49.3 Å². The highest BCUT2D eigenvalue weighted by atomic mass is 31.2. The van der Waals surface area contributed by atoms with Gasteiger partial charge in [-0.15, -0.1) is 0 Å². The summed E-state index contributed by atoms with van der Waals surface area (Å²) in [6.07, 6.45) is 17.6. The van der Waals surface area contributed by atoms with Crippen molar-refractivity contribution in [2.75, 3.05) is 26.4 Å². The molecule has 0 saturated carbocycles. The van der Waals surface area contributed by atoms with Crippen LogP contribution in [0.25, 0.3) is 0 Å². The van der Waals surface area contributed by atoms with Crippen molar-refractivity contribution >= 4 is 19.8 Å². The predicted molar refractivity (Wildman–Crippen MR) is 141 cm³/mol. The van der Waals surface area contributed by atoms with E-state index in [0.717, 1.165) is 51.4 Å². The quantitative estimate of drug-likeness (QED) is 0.0626. The Morgan fingerprint density at radius 3 is 2.03 bits per heavy atom. The lowest BCUT2D eigenvalue weighted by Gasteiger charge is -2.19. The summed E-state index contributed by atoms with van der Waals surface area (Å²) < 4.78 is 32.0. The Hall–Kier alpha value is -1.25. The maximum atomic E-state index is 12.3. The molecule has 0 aliphatic carbocycles. The number of carbonyl (C=O) groups is 2. The molecule has 0 amide bonds. The number of hydrogen-bond acceptors (Lipinski definition) is 8. The summed E-state index contributed by atoms with van der Waals surface area (Å²) >= 11 is 0. The zero-order chi connectivity index (χ0) is 26.9. The summed E-state index contributed by atoms with van der Waals surface area (Å²) in [5.74, 6) is -0.872. The molecule has 2 unspecified atom stereocenters. The zero-order valence-corrected chi connectivity index (χ0v) is 23.4. The highest BCUT2D eigenvalue weighted by Crippen LogP contribution is 2.43. The van der Waals surface area contributed by atoms with Gasteiger partial charge in [-0.25, -0.2) is 4.57 Å². The van der Waals surface area contributed by atoms with Crippen molar-refractivity contribution < 1.29 is 37.6 Å². The van der Waals surface area contributed by atoms with Crippen molar-refractivity contribution in [1.82, 2.24) is 0 Å². The smallest absolute Gasteiger partial charge is 0.462 e. The fourth-order valence-corrected chi connectivity index (χ4v) is 4.10. The van der Waals surface area contributed by atoms with Crippen LogP contribution in [0.3, 0.4) is 0 Å². The molecule has 0 spiro atoms. The zero-order valence-electron chi connectivity index (χ0n) is 22.5. The Morgan fingerprint density at radius 1 is 0.806 bits per heavy atom. The molecular weight excluding hydrogens is 485 g/mol. The average molecular weight is 536 g/mol. The van der Waals surface area contributed by atoms with Gasteiger partial charge in [0.15, 0.2) is 6.10 Å². The third kappa shape index (κ3) is 23.2. The minimum Gasteiger partial charge on any atom is -0.462 e. The van der Waals surface area contributed by atoms with Gasteiger partial charge in [0.2, 0.25) is 0 Å². The number of esters is 2. The number of nitrogens with two attached hydrogens (primary N) is 1. The molecule has 0 rings (SSSR count). The highest BCUT2D eigenvalue weighted by Gasteiger charge is 2.25. The van der Waals surface area contributed by atoms with Crippen LogP contribution in [0.4, 0.5) is 0 Å². The van der Waals surface area contributed by atoms with E-state index in [-0.39, 0.29) is 32.6 Å². The van der Waals surface area contributed by atoms with Crippen molar-refractivity contribution in [3.63, 3.8) is 0 Å².